The first kappa shape index (κ1) is 20.4. The number of benzene rings is 2. The Hall–Kier alpha value is -2.89. The molecule has 0 bridgehead atoms. The number of nitrogens with zero attached hydrogens (tertiary/aromatic N) is 1. The van der Waals surface area contributed by atoms with Crippen molar-refractivity contribution in [1.82, 2.24) is 15.5 Å². The van der Waals surface area contributed by atoms with Crippen LogP contribution >= 0.6 is 0 Å². The minimum Gasteiger partial charge on any atom is -0.348 e. The zero-order valence-electron chi connectivity index (χ0n) is 17.8. The summed E-state index contributed by atoms with van der Waals surface area (Å²) in [6.07, 6.45) is 2.85. The van der Waals surface area contributed by atoms with E-state index in [1.54, 1.807) is 0 Å². The summed E-state index contributed by atoms with van der Waals surface area (Å²) in [4.78, 5) is 39.7. The Morgan fingerprint density at radius 3 is 2.53 bits per heavy atom. The van der Waals surface area contributed by atoms with Crippen molar-refractivity contribution >= 4 is 28.6 Å². The van der Waals surface area contributed by atoms with Gasteiger partial charge in [-0.25, -0.2) is 4.79 Å². The van der Waals surface area contributed by atoms with Crippen molar-refractivity contribution < 1.29 is 14.4 Å². The summed E-state index contributed by atoms with van der Waals surface area (Å²) in [6, 6.07) is 13.3. The second-order valence-corrected chi connectivity index (χ2v) is 8.78. The second-order valence-electron chi connectivity index (χ2n) is 8.78. The van der Waals surface area contributed by atoms with Crippen LogP contribution in [-0.2, 0) is 9.59 Å². The Bertz CT molecular complexity index is 987. The highest BCUT2D eigenvalue weighted by molar-refractivity contribution is 6.09. The van der Waals surface area contributed by atoms with Gasteiger partial charge < -0.3 is 10.6 Å². The first-order valence-corrected chi connectivity index (χ1v) is 10.8. The van der Waals surface area contributed by atoms with Crippen molar-refractivity contribution in [2.45, 2.75) is 51.6 Å². The standard InChI is InChI=1S/C24H29N3O3/c1-15-8-6-9-16(2)24(15)22(29)27(23(30)26-24)14-21(28)25-17(3)19-13-7-11-18-10-4-5-12-20(18)19/h4-5,7,10-13,15-17H,6,8-9,14H2,1-3H3,(H,25,28)(H,26,30)/t15-,16-,17-/m0/s1. The summed E-state index contributed by atoms with van der Waals surface area (Å²) in [5, 5.41) is 8.08. The fourth-order valence-corrected chi connectivity index (χ4v) is 5.23. The van der Waals surface area contributed by atoms with E-state index in [1.807, 2.05) is 63.2 Å². The van der Waals surface area contributed by atoms with Crippen LogP contribution in [0.4, 0.5) is 4.79 Å². The molecule has 2 aromatic rings. The summed E-state index contributed by atoms with van der Waals surface area (Å²) in [5.74, 6) is -0.493. The number of hydrogen-bond acceptors (Lipinski definition) is 3. The highest BCUT2D eigenvalue weighted by Crippen LogP contribution is 2.42. The molecule has 1 spiro atoms. The third kappa shape index (κ3) is 3.24. The molecule has 6 nitrogen and oxygen atoms in total. The Kier molecular flexibility index (Phi) is 5.26. The number of amides is 4. The number of carbonyl (C=O) groups excluding carboxylic acids is 3. The maximum Gasteiger partial charge on any atom is 0.325 e. The van der Waals surface area contributed by atoms with E-state index in [1.165, 1.54) is 0 Å². The van der Waals surface area contributed by atoms with Crippen LogP contribution in [0.3, 0.4) is 0 Å². The first-order valence-electron chi connectivity index (χ1n) is 10.8. The lowest BCUT2D eigenvalue weighted by Crippen LogP contribution is -2.59. The van der Waals surface area contributed by atoms with Crippen LogP contribution in [0.5, 0.6) is 0 Å². The summed E-state index contributed by atoms with van der Waals surface area (Å²) in [5.41, 5.74) is 0.126. The van der Waals surface area contributed by atoms with Gasteiger partial charge in [0, 0.05) is 0 Å². The molecule has 1 aliphatic carbocycles. The number of rotatable bonds is 4. The van der Waals surface area contributed by atoms with Gasteiger partial charge in [0.05, 0.1) is 6.04 Å². The van der Waals surface area contributed by atoms with E-state index < -0.39 is 11.6 Å². The highest BCUT2D eigenvalue weighted by atomic mass is 16.2. The number of fused-ring (bicyclic) bond motifs is 1. The van der Waals surface area contributed by atoms with Gasteiger partial charge in [-0.15, -0.1) is 0 Å². The van der Waals surface area contributed by atoms with Crippen LogP contribution in [0.1, 0.15) is 51.6 Å². The normalized spacial score (nSPS) is 24.2. The summed E-state index contributed by atoms with van der Waals surface area (Å²) in [6.45, 7) is 5.68. The molecular formula is C24H29N3O3. The summed E-state index contributed by atoms with van der Waals surface area (Å²) >= 11 is 0. The Labute approximate surface area is 177 Å². The van der Waals surface area contributed by atoms with Gasteiger partial charge in [0.25, 0.3) is 5.91 Å². The van der Waals surface area contributed by atoms with Crippen molar-refractivity contribution in [2.24, 2.45) is 11.8 Å². The van der Waals surface area contributed by atoms with Gasteiger partial charge in [-0.05, 0) is 47.9 Å². The maximum absolute atomic E-state index is 13.2. The molecule has 1 heterocycles. The van der Waals surface area contributed by atoms with Gasteiger partial charge in [0.2, 0.25) is 5.91 Å². The second kappa shape index (κ2) is 7.74. The van der Waals surface area contributed by atoms with E-state index >= 15 is 0 Å². The van der Waals surface area contributed by atoms with Crippen LogP contribution in [0, 0.1) is 11.8 Å². The Morgan fingerprint density at radius 2 is 1.80 bits per heavy atom. The molecule has 158 valence electrons. The molecule has 6 heteroatoms. The molecule has 30 heavy (non-hydrogen) atoms. The monoisotopic (exact) mass is 407 g/mol. The molecule has 1 saturated carbocycles. The molecule has 1 saturated heterocycles. The van der Waals surface area contributed by atoms with Crippen LogP contribution in [0.2, 0.25) is 0 Å². The van der Waals surface area contributed by atoms with Crippen molar-refractivity contribution in [1.29, 1.82) is 0 Å². The Balaban J connectivity index is 1.49. The minimum absolute atomic E-state index is 0.0559. The number of carbonyl (C=O) groups is 3. The first-order chi connectivity index (χ1) is 14.3. The quantitative estimate of drug-likeness (QED) is 0.758. The summed E-state index contributed by atoms with van der Waals surface area (Å²) < 4.78 is 0. The zero-order chi connectivity index (χ0) is 21.5. The lowest BCUT2D eigenvalue weighted by Gasteiger charge is -2.42. The molecule has 1 aliphatic heterocycles. The lowest BCUT2D eigenvalue weighted by atomic mass is 9.67. The molecule has 2 fully saturated rings. The third-order valence-electron chi connectivity index (χ3n) is 6.96. The van der Waals surface area contributed by atoms with E-state index in [-0.39, 0.29) is 36.2 Å². The number of nitrogens with one attached hydrogen (secondary N) is 2. The molecule has 2 aliphatic rings. The predicted octanol–water partition coefficient (Wildman–Crippen LogP) is 3.76. The zero-order valence-corrected chi connectivity index (χ0v) is 17.8. The Morgan fingerprint density at radius 1 is 1.13 bits per heavy atom. The van der Waals surface area contributed by atoms with Gasteiger partial charge in [-0.3, -0.25) is 14.5 Å². The molecule has 0 radical (unpaired) electrons. The number of hydrogen-bond donors (Lipinski definition) is 2. The number of urea groups is 1. The van der Waals surface area contributed by atoms with Crippen molar-refractivity contribution in [3.8, 4) is 0 Å². The maximum atomic E-state index is 13.2. The fraction of sp³-hybridized carbons (Fsp3) is 0.458. The highest BCUT2D eigenvalue weighted by Gasteiger charge is 2.58. The van der Waals surface area contributed by atoms with Crippen molar-refractivity contribution in [2.75, 3.05) is 6.54 Å². The smallest absolute Gasteiger partial charge is 0.325 e. The van der Waals surface area contributed by atoms with Gasteiger partial charge in [0.1, 0.15) is 12.1 Å². The topological polar surface area (TPSA) is 78.5 Å². The van der Waals surface area contributed by atoms with E-state index in [0.717, 1.165) is 40.5 Å². The van der Waals surface area contributed by atoms with Gasteiger partial charge in [-0.2, -0.15) is 0 Å². The van der Waals surface area contributed by atoms with Gasteiger partial charge >= 0.3 is 6.03 Å². The number of imide groups is 1. The molecule has 3 atom stereocenters. The molecular weight excluding hydrogens is 378 g/mol. The van der Waals surface area contributed by atoms with E-state index in [0.29, 0.717) is 0 Å². The van der Waals surface area contributed by atoms with Gasteiger partial charge in [0.15, 0.2) is 0 Å². The average Bonchev–Trinajstić information content (AvgIpc) is 2.97. The molecule has 4 amide bonds. The van der Waals surface area contributed by atoms with Crippen LogP contribution in [0.25, 0.3) is 10.8 Å². The van der Waals surface area contributed by atoms with Crippen LogP contribution < -0.4 is 10.6 Å². The minimum atomic E-state index is -0.878. The van der Waals surface area contributed by atoms with Crippen LogP contribution in [-0.4, -0.2) is 34.8 Å². The average molecular weight is 408 g/mol. The van der Waals surface area contributed by atoms with Gasteiger partial charge in [-0.1, -0.05) is 62.7 Å². The molecule has 2 aromatic carbocycles. The molecule has 0 unspecified atom stereocenters. The third-order valence-corrected chi connectivity index (χ3v) is 6.96. The fourth-order valence-electron chi connectivity index (χ4n) is 5.23. The molecule has 4 rings (SSSR count). The van der Waals surface area contributed by atoms with E-state index in [4.69, 9.17) is 0 Å². The SMILES string of the molecule is C[C@H](NC(=O)CN1C(=O)NC2(C1=O)[C@@H](C)CCC[C@@H]2C)c1cccc2ccccc12. The van der Waals surface area contributed by atoms with E-state index in [9.17, 15) is 14.4 Å². The lowest BCUT2D eigenvalue weighted by molar-refractivity contribution is -0.139. The van der Waals surface area contributed by atoms with Crippen molar-refractivity contribution in [3.05, 3.63) is 48.0 Å². The summed E-state index contributed by atoms with van der Waals surface area (Å²) in [7, 11) is 0. The van der Waals surface area contributed by atoms with Crippen molar-refractivity contribution in [3.63, 3.8) is 0 Å². The van der Waals surface area contributed by atoms with Crippen LogP contribution in [0.15, 0.2) is 42.5 Å². The largest absolute Gasteiger partial charge is 0.348 e. The molecule has 2 N–H and O–H groups in total. The van der Waals surface area contributed by atoms with E-state index in [2.05, 4.69) is 10.6 Å². The molecule has 0 aromatic heterocycles. The predicted molar refractivity (Wildman–Crippen MR) is 116 cm³/mol.